The molecule has 5 nitrogen and oxygen atoms in total. The molecule has 2 heterocycles. The van der Waals surface area contributed by atoms with E-state index in [4.69, 9.17) is 4.74 Å². The van der Waals surface area contributed by atoms with Gasteiger partial charge >= 0.3 is 5.97 Å². The second-order valence-corrected chi connectivity index (χ2v) is 3.58. The molecule has 2 rings (SSSR count). The molecule has 6 heteroatoms. The average molecular weight is 223 g/mol. The summed E-state index contributed by atoms with van der Waals surface area (Å²) in [5.41, 5.74) is 0.685. The molecule has 0 atom stereocenters. The fourth-order valence-electron chi connectivity index (χ4n) is 1.08. The molecular weight excluding hydrogens is 214 g/mol. The van der Waals surface area contributed by atoms with E-state index in [1.54, 1.807) is 19.3 Å². The first-order valence-electron chi connectivity index (χ1n) is 4.44. The van der Waals surface area contributed by atoms with E-state index in [1.165, 1.54) is 11.9 Å². The summed E-state index contributed by atoms with van der Waals surface area (Å²) in [5.74, 6) is -0.234. The number of ether oxygens (including phenoxy) is 1. The van der Waals surface area contributed by atoms with E-state index in [1.807, 2.05) is 6.07 Å². The van der Waals surface area contributed by atoms with Crippen molar-refractivity contribution in [1.82, 2.24) is 9.71 Å². The Kier molecular flexibility index (Phi) is 2.86. The molecule has 0 spiro atoms. The minimum Gasteiger partial charge on any atom is -0.460 e. The van der Waals surface area contributed by atoms with Crippen LogP contribution in [0.2, 0.25) is 0 Å². The van der Waals surface area contributed by atoms with Gasteiger partial charge < -0.3 is 9.46 Å². The molecule has 0 aromatic carbocycles. The molecule has 0 radical (unpaired) electrons. The molecule has 1 N–H and O–H groups in total. The number of hydrogen-bond acceptors (Lipinski definition) is 6. The maximum atomic E-state index is 11.4. The van der Waals surface area contributed by atoms with Crippen molar-refractivity contribution < 1.29 is 9.53 Å². The average Bonchev–Trinajstić information content (AvgIpc) is 2.29. The monoisotopic (exact) mass is 223 g/mol. The van der Waals surface area contributed by atoms with Crippen LogP contribution < -0.4 is 4.72 Å². The molecule has 1 aromatic rings. The van der Waals surface area contributed by atoms with Crippen LogP contribution in [-0.4, -0.2) is 23.4 Å². The van der Waals surface area contributed by atoms with E-state index in [0.29, 0.717) is 12.3 Å². The summed E-state index contributed by atoms with van der Waals surface area (Å²) < 4.78 is 7.65. The fraction of sp³-hybridized carbons (Fsp3) is 0.222. The van der Waals surface area contributed by atoms with E-state index in [9.17, 15) is 4.79 Å². The minimum atomic E-state index is -0.445. The minimum absolute atomic E-state index is 0.211. The van der Waals surface area contributed by atoms with Gasteiger partial charge in [-0.1, -0.05) is 0 Å². The van der Waals surface area contributed by atoms with Crippen molar-refractivity contribution in [3.8, 4) is 0 Å². The highest BCUT2D eigenvalue weighted by Gasteiger charge is 2.18. The molecule has 15 heavy (non-hydrogen) atoms. The summed E-state index contributed by atoms with van der Waals surface area (Å²) in [6.45, 7) is 2.09. The van der Waals surface area contributed by atoms with Crippen LogP contribution in [0.4, 0.5) is 5.69 Å². The highest BCUT2D eigenvalue weighted by Crippen LogP contribution is 2.29. The molecule has 0 aliphatic carbocycles. The second-order valence-electron chi connectivity index (χ2n) is 2.73. The lowest BCUT2D eigenvalue weighted by atomic mass is 10.4. The zero-order valence-corrected chi connectivity index (χ0v) is 8.87. The standard InChI is InChI=1S/C9H9N3O2S/c1-2-14-9(13)8-11-6-5-10-4-3-7(6)15-12-8/h3-5H,2H2,1H3,(H,11,12). The number of pyridine rings is 1. The lowest BCUT2D eigenvalue weighted by Gasteiger charge is -2.14. The third-order valence-electron chi connectivity index (χ3n) is 1.72. The quantitative estimate of drug-likeness (QED) is 0.604. The molecule has 1 aliphatic heterocycles. The normalized spacial score (nSPS) is 13.5. The first kappa shape index (κ1) is 9.97. The Hall–Kier alpha value is -1.56. The van der Waals surface area contributed by atoms with Crippen LogP contribution in [0.1, 0.15) is 6.92 Å². The lowest BCUT2D eigenvalue weighted by molar-refractivity contribution is -0.135. The number of hydrogen-bond donors (Lipinski definition) is 1. The van der Waals surface area contributed by atoms with Crippen molar-refractivity contribution in [3.63, 3.8) is 0 Å². The number of amidine groups is 1. The summed E-state index contributed by atoms with van der Waals surface area (Å²) in [6.07, 6.45) is 3.29. The van der Waals surface area contributed by atoms with Gasteiger partial charge in [-0.05, 0) is 24.9 Å². The zero-order chi connectivity index (χ0) is 10.7. The van der Waals surface area contributed by atoms with Crippen molar-refractivity contribution in [2.24, 2.45) is 4.99 Å². The van der Waals surface area contributed by atoms with Crippen LogP contribution in [-0.2, 0) is 9.53 Å². The predicted octanol–water partition coefficient (Wildman–Crippen LogP) is 1.28. The summed E-state index contributed by atoms with van der Waals surface area (Å²) in [7, 11) is 0. The Morgan fingerprint density at radius 3 is 3.33 bits per heavy atom. The highest BCUT2D eigenvalue weighted by molar-refractivity contribution is 7.98. The van der Waals surface area contributed by atoms with Crippen LogP contribution in [0, 0.1) is 0 Å². The van der Waals surface area contributed by atoms with Gasteiger partial charge in [-0.2, -0.15) is 0 Å². The molecular formula is C9H9N3O2S. The lowest BCUT2D eigenvalue weighted by Crippen LogP contribution is -2.29. The van der Waals surface area contributed by atoms with E-state index >= 15 is 0 Å². The maximum Gasteiger partial charge on any atom is 0.374 e. The van der Waals surface area contributed by atoms with Gasteiger partial charge in [-0.3, -0.25) is 4.98 Å². The van der Waals surface area contributed by atoms with Gasteiger partial charge in [-0.25, -0.2) is 9.79 Å². The molecule has 0 saturated carbocycles. The topological polar surface area (TPSA) is 63.6 Å². The van der Waals surface area contributed by atoms with Crippen molar-refractivity contribution >= 4 is 29.4 Å². The van der Waals surface area contributed by atoms with Crippen molar-refractivity contribution in [2.45, 2.75) is 11.8 Å². The highest BCUT2D eigenvalue weighted by atomic mass is 32.2. The number of esters is 1. The van der Waals surface area contributed by atoms with Gasteiger partial charge in [0.05, 0.1) is 23.4 Å². The summed E-state index contributed by atoms with van der Waals surface area (Å²) in [6, 6.07) is 1.83. The smallest absolute Gasteiger partial charge is 0.374 e. The van der Waals surface area contributed by atoms with Gasteiger partial charge in [0.25, 0.3) is 0 Å². The predicted molar refractivity (Wildman–Crippen MR) is 57.0 cm³/mol. The molecule has 0 fully saturated rings. The summed E-state index contributed by atoms with van der Waals surface area (Å²) >= 11 is 1.33. The largest absolute Gasteiger partial charge is 0.460 e. The first-order valence-corrected chi connectivity index (χ1v) is 5.25. The van der Waals surface area contributed by atoms with Gasteiger partial charge in [0.15, 0.2) is 0 Å². The van der Waals surface area contributed by atoms with E-state index in [2.05, 4.69) is 14.7 Å². The number of nitrogens with zero attached hydrogens (tertiary/aromatic N) is 2. The molecule has 78 valence electrons. The van der Waals surface area contributed by atoms with Crippen LogP contribution in [0.3, 0.4) is 0 Å². The summed E-state index contributed by atoms with van der Waals surface area (Å²) in [5, 5.41) is 0. The number of rotatable bonds is 2. The van der Waals surface area contributed by atoms with Crippen LogP contribution >= 0.6 is 11.9 Å². The molecule has 0 bridgehead atoms. The summed E-state index contributed by atoms with van der Waals surface area (Å²) in [4.78, 5) is 20.4. The van der Waals surface area contributed by atoms with E-state index < -0.39 is 5.97 Å². The van der Waals surface area contributed by atoms with Crippen molar-refractivity contribution in [2.75, 3.05) is 6.61 Å². The number of fused-ring (bicyclic) bond motifs is 1. The Balaban J connectivity index is 2.25. The Bertz CT molecular complexity index is 420. The first-order chi connectivity index (χ1) is 7.31. The van der Waals surface area contributed by atoms with Gasteiger partial charge in [-0.15, -0.1) is 0 Å². The van der Waals surface area contributed by atoms with Gasteiger partial charge in [0, 0.05) is 6.20 Å². The second kappa shape index (κ2) is 4.31. The number of aliphatic imine (C=N–C) groups is 1. The SMILES string of the molecule is CCOC(=O)C1=Nc2cnccc2SN1. The van der Waals surface area contributed by atoms with E-state index in [0.717, 1.165) is 4.90 Å². The molecule has 1 aromatic heterocycles. The molecule has 0 unspecified atom stereocenters. The number of carbonyl (C=O) groups excluding carboxylic acids is 1. The van der Waals surface area contributed by atoms with Gasteiger partial charge in [0.1, 0.15) is 0 Å². The Morgan fingerprint density at radius 1 is 1.67 bits per heavy atom. The molecule has 1 aliphatic rings. The van der Waals surface area contributed by atoms with Gasteiger partial charge in [0.2, 0.25) is 5.84 Å². The van der Waals surface area contributed by atoms with Crippen LogP contribution in [0.15, 0.2) is 28.3 Å². The number of aromatic nitrogens is 1. The maximum absolute atomic E-state index is 11.4. The van der Waals surface area contributed by atoms with Crippen molar-refractivity contribution in [3.05, 3.63) is 18.5 Å². The van der Waals surface area contributed by atoms with Crippen LogP contribution in [0.5, 0.6) is 0 Å². The molecule has 0 amide bonds. The Labute approximate surface area is 91.1 Å². The molecule has 0 saturated heterocycles. The number of carbonyl (C=O) groups is 1. The third-order valence-corrected chi connectivity index (χ3v) is 2.58. The van der Waals surface area contributed by atoms with E-state index in [-0.39, 0.29) is 5.84 Å². The van der Waals surface area contributed by atoms with Crippen molar-refractivity contribution in [1.29, 1.82) is 0 Å². The Morgan fingerprint density at radius 2 is 2.53 bits per heavy atom. The third kappa shape index (κ3) is 2.10. The van der Waals surface area contributed by atoms with Crippen LogP contribution in [0.25, 0.3) is 0 Å². The fourth-order valence-corrected chi connectivity index (χ4v) is 1.74. The number of nitrogens with one attached hydrogen (secondary N) is 1. The zero-order valence-electron chi connectivity index (χ0n) is 8.06.